The van der Waals surface area contributed by atoms with Gasteiger partial charge in [0.2, 0.25) is 11.8 Å². The second kappa shape index (κ2) is 11.9. The van der Waals surface area contributed by atoms with Gasteiger partial charge >= 0.3 is 0 Å². The van der Waals surface area contributed by atoms with Gasteiger partial charge in [-0.05, 0) is 31.4 Å². The number of carbonyl (C=O) groups is 1. The summed E-state index contributed by atoms with van der Waals surface area (Å²) in [6, 6.07) is 5.48. The molecule has 0 aliphatic carbocycles. The van der Waals surface area contributed by atoms with Crippen LogP contribution in [0.2, 0.25) is 0 Å². The van der Waals surface area contributed by atoms with Gasteiger partial charge in [0.15, 0.2) is 11.5 Å². The van der Waals surface area contributed by atoms with Crippen LogP contribution in [-0.4, -0.2) is 81.5 Å². The number of hydrogen-bond donors (Lipinski definition) is 2. The van der Waals surface area contributed by atoms with E-state index in [1.165, 1.54) is 0 Å². The molecule has 1 saturated heterocycles. The van der Waals surface area contributed by atoms with E-state index < -0.39 is 6.10 Å². The molecule has 0 unspecified atom stereocenters. The van der Waals surface area contributed by atoms with Gasteiger partial charge < -0.3 is 24.8 Å². The van der Waals surface area contributed by atoms with Gasteiger partial charge in [-0.1, -0.05) is 6.92 Å². The SMILES string of the molecule is CCCOCCn1c(=O)c(NCC(=O)N2CCC[C@@H](O)C2)nc2ncc(-c3ccc(OC)nc3)cc21. The summed E-state index contributed by atoms with van der Waals surface area (Å²) in [5.41, 5.74) is 2.17. The van der Waals surface area contributed by atoms with Crippen LogP contribution in [0.15, 0.2) is 35.4 Å². The topological polar surface area (TPSA) is 132 Å². The van der Waals surface area contributed by atoms with Gasteiger partial charge in [-0.2, -0.15) is 0 Å². The minimum atomic E-state index is -0.513. The van der Waals surface area contributed by atoms with Crippen molar-refractivity contribution in [2.24, 2.45) is 0 Å². The molecule has 0 aromatic carbocycles. The van der Waals surface area contributed by atoms with Crippen molar-refractivity contribution in [3.05, 3.63) is 40.9 Å². The summed E-state index contributed by atoms with van der Waals surface area (Å²) in [7, 11) is 1.56. The molecular formula is C25H32N6O5. The van der Waals surface area contributed by atoms with Gasteiger partial charge in [-0.15, -0.1) is 0 Å². The second-order valence-electron chi connectivity index (χ2n) is 8.67. The first-order valence-corrected chi connectivity index (χ1v) is 12.2. The Morgan fingerprint density at radius 1 is 1.22 bits per heavy atom. The second-order valence-corrected chi connectivity index (χ2v) is 8.67. The van der Waals surface area contributed by atoms with Crippen LogP contribution in [0.25, 0.3) is 22.3 Å². The van der Waals surface area contributed by atoms with E-state index in [2.05, 4.69) is 20.3 Å². The summed E-state index contributed by atoms with van der Waals surface area (Å²) in [5.74, 6) is 0.363. The molecule has 11 nitrogen and oxygen atoms in total. The van der Waals surface area contributed by atoms with Crippen LogP contribution in [0.5, 0.6) is 5.88 Å². The Kier molecular flexibility index (Phi) is 8.44. The molecular weight excluding hydrogens is 464 g/mol. The lowest BCUT2D eigenvalue weighted by Crippen LogP contribution is -2.44. The smallest absolute Gasteiger partial charge is 0.293 e. The van der Waals surface area contributed by atoms with Gasteiger partial charge in [0.1, 0.15) is 0 Å². The van der Waals surface area contributed by atoms with Crippen molar-refractivity contribution in [2.45, 2.75) is 38.8 Å². The number of rotatable bonds is 10. The predicted octanol–water partition coefficient (Wildman–Crippen LogP) is 1.68. The van der Waals surface area contributed by atoms with Gasteiger partial charge in [0.25, 0.3) is 5.56 Å². The number of fused-ring (bicyclic) bond motifs is 1. The molecule has 36 heavy (non-hydrogen) atoms. The molecule has 192 valence electrons. The number of piperidine rings is 1. The Morgan fingerprint density at radius 2 is 2.06 bits per heavy atom. The molecule has 4 heterocycles. The van der Waals surface area contributed by atoms with Crippen molar-refractivity contribution in [1.29, 1.82) is 0 Å². The maximum absolute atomic E-state index is 13.4. The summed E-state index contributed by atoms with van der Waals surface area (Å²) < 4.78 is 12.3. The Morgan fingerprint density at radius 3 is 2.78 bits per heavy atom. The van der Waals surface area contributed by atoms with Gasteiger partial charge in [-0.3, -0.25) is 14.2 Å². The third-order valence-electron chi connectivity index (χ3n) is 6.05. The van der Waals surface area contributed by atoms with Crippen LogP contribution < -0.4 is 15.6 Å². The number of aromatic nitrogens is 4. The number of methoxy groups -OCH3 is 1. The number of nitrogens with one attached hydrogen (secondary N) is 1. The number of anilines is 1. The zero-order valence-electron chi connectivity index (χ0n) is 20.6. The molecule has 0 spiro atoms. The maximum atomic E-state index is 13.4. The van der Waals surface area contributed by atoms with Gasteiger partial charge in [0, 0.05) is 55.8 Å². The molecule has 1 amide bonds. The van der Waals surface area contributed by atoms with Crippen LogP contribution in [-0.2, 0) is 16.1 Å². The first kappa shape index (κ1) is 25.5. The largest absolute Gasteiger partial charge is 0.481 e. The average Bonchev–Trinajstić information content (AvgIpc) is 2.90. The number of β-amino-alcohol motifs (C(OH)–C–C–N with tert-alkyl or cyclic N) is 1. The third kappa shape index (κ3) is 5.97. The van der Waals surface area contributed by atoms with Crippen LogP contribution >= 0.6 is 0 Å². The molecule has 0 bridgehead atoms. The number of aliphatic hydroxyl groups is 1. The highest BCUT2D eigenvalue weighted by molar-refractivity contribution is 5.82. The normalized spacial score (nSPS) is 15.8. The molecule has 0 saturated carbocycles. The van der Waals surface area contributed by atoms with E-state index in [0.29, 0.717) is 56.3 Å². The van der Waals surface area contributed by atoms with E-state index in [1.807, 2.05) is 19.1 Å². The molecule has 1 fully saturated rings. The highest BCUT2D eigenvalue weighted by Gasteiger charge is 2.22. The molecule has 4 rings (SSSR count). The Bertz CT molecular complexity index is 1250. The van der Waals surface area contributed by atoms with E-state index in [-0.39, 0.29) is 23.8 Å². The Hall–Kier alpha value is -3.57. The number of amides is 1. The number of pyridine rings is 2. The molecule has 3 aromatic heterocycles. The van der Waals surface area contributed by atoms with Crippen molar-refractivity contribution in [1.82, 2.24) is 24.4 Å². The van der Waals surface area contributed by atoms with Crippen LogP contribution in [0.3, 0.4) is 0 Å². The fourth-order valence-electron chi connectivity index (χ4n) is 4.14. The number of nitrogens with zero attached hydrogens (tertiary/aromatic N) is 5. The third-order valence-corrected chi connectivity index (χ3v) is 6.05. The summed E-state index contributed by atoms with van der Waals surface area (Å²) in [6.07, 6.45) is 5.16. The minimum absolute atomic E-state index is 0.0512. The highest BCUT2D eigenvalue weighted by Crippen LogP contribution is 2.23. The number of likely N-dealkylation sites (tertiary alicyclic amines) is 1. The fraction of sp³-hybridized carbons (Fsp3) is 0.480. The van der Waals surface area contributed by atoms with E-state index in [1.54, 1.807) is 35.0 Å². The van der Waals surface area contributed by atoms with E-state index in [0.717, 1.165) is 24.0 Å². The van der Waals surface area contributed by atoms with Crippen LogP contribution in [0.4, 0.5) is 5.82 Å². The lowest BCUT2D eigenvalue weighted by molar-refractivity contribution is -0.132. The molecule has 11 heteroatoms. The monoisotopic (exact) mass is 496 g/mol. The molecule has 3 aromatic rings. The molecule has 1 aliphatic heterocycles. The van der Waals surface area contributed by atoms with Gasteiger partial charge in [-0.25, -0.2) is 15.0 Å². The van der Waals surface area contributed by atoms with Crippen LogP contribution in [0.1, 0.15) is 26.2 Å². The molecule has 0 radical (unpaired) electrons. The van der Waals surface area contributed by atoms with E-state index in [9.17, 15) is 14.7 Å². The molecule has 1 atom stereocenters. The highest BCUT2D eigenvalue weighted by atomic mass is 16.5. The first-order valence-electron chi connectivity index (χ1n) is 12.2. The maximum Gasteiger partial charge on any atom is 0.293 e. The number of hydrogen-bond acceptors (Lipinski definition) is 9. The van der Waals surface area contributed by atoms with Crippen molar-refractivity contribution >= 4 is 22.9 Å². The van der Waals surface area contributed by atoms with E-state index in [4.69, 9.17) is 9.47 Å². The molecule has 2 N–H and O–H groups in total. The van der Waals surface area contributed by atoms with Crippen molar-refractivity contribution in [3.63, 3.8) is 0 Å². The minimum Gasteiger partial charge on any atom is -0.481 e. The standard InChI is InChI=1S/C25H32N6O5/c1-3-10-36-11-9-31-20-12-18(17-6-7-21(35-2)26-13-17)14-27-23(20)29-24(25(31)34)28-15-22(33)30-8-4-5-19(32)16-30/h6-7,12-14,19,32H,3-5,8-11,15-16H2,1-2H3,(H,27,28,29)/t19-/m1/s1. The quantitative estimate of drug-likeness (QED) is 0.402. The summed E-state index contributed by atoms with van der Waals surface area (Å²) >= 11 is 0. The lowest BCUT2D eigenvalue weighted by atomic mass is 10.1. The first-order chi connectivity index (χ1) is 17.5. The summed E-state index contributed by atoms with van der Waals surface area (Å²) in [4.78, 5) is 40.8. The lowest BCUT2D eigenvalue weighted by Gasteiger charge is -2.30. The van der Waals surface area contributed by atoms with Crippen molar-refractivity contribution in [3.8, 4) is 17.0 Å². The van der Waals surface area contributed by atoms with Crippen molar-refractivity contribution in [2.75, 3.05) is 45.3 Å². The van der Waals surface area contributed by atoms with Crippen LogP contribution in [0, 0.1) is 0 Å². The summed E-state index contributed by atoms with van der Waals surface area (Å²) in [6.45, 7) is 4.08. The van der Waals surface area contributed by atoms with Gasteiger partial charge in [0.05, 0.1) is 31.9 Å². The fourth-order valence-corrected chi connectivity index (χ4v) is 4.14. The number of aliphatic hydroxyl groups excluding tert-OH is 1. The number of carbonyl (C=O) groups excluding carboxylic acids is 1. The predicted molar refractivity (Wildman–Crippen MR) is 135 cm³/mol. The van der Waals surface area contributed by atoms with Crippen molar-refractivity contribution < 1.29 is 19.4 Å². The van der Waals surface area contributed by atoms with E-state index >= 15 is 0 Å². The number of ether oxygens (including phenoxy) is 2. The Balaban J connectivity index is 1.62. The average molecular weight is 497 g/mol. The zero-order valence-corrected chi connectivity index (χ0v) is 20.6. The summed E-state index contributed by atoms with van der Waals surface area (Å²) in [5, 5.41) is 12.7. The molecule has 1 aliphatic rings. The zero-order chi connectivity index (χ0) is 25.5. The Labute approximate surface area is 209 Å².